The van der Waals surface area contributed by atoms with Crippen LogP contribution in [0.4, 0.5) is 0 Å². The smallest absolute Gasteiger partial charge is 0.0541 e. The van der Waals surface area contributed by atoms with Gasteiger partial charge in [0.25, 0.3) is 0 Å². The summed E-state index contributed by atoms with van der Waals surface area (Å²) in [5.74, 6) is 0.944. The molecule has 0 aliphatic heterocycles. The molecule has 2 heteroatoms. The molecule has 12 rings (SSSR count). The molecule has 10 aromatic rings. The number of allylic oxidation sites excluding steroid dienone is 5. The first-order chi connectivity index (χ1) is 32.0. The van der Waals surface area contributed by atoms with E-state index in [1.807, 2.05) is 0 Å². The van der Waals surface area contributed by atoms with E-state index in [0.29, 0.717) is 11.8 Å². The summed E-state index contributed by atoms with van der Waals surface area (Å²) in [5, 5.41) is 3.86. The number of fused-ring (bicyclic) bond motifs is 6. The van der Waals surface area contributed by atoms with Crippen molar-refractivity contribution in [2.45, 2.75) is 33.1 Å². The van der Waals surface area contributed by atoms with Gasteiger partial charge in [0.1, 0.15) is 0 Å². The lowest BCUT2D eigenvalue weighted by atomic mass is 9.83. The monoisotopic (exact) mass is 834 g/mol. The van der Waals surface area contributed by atoms with E-state index in [-0.39, 0.29) is 0 Å². The molecule has 2 nitrogen and oxygen atoms in total. The van der Waals surface area contributed by atoms with Crippen LogP contribution in [0.25, 0.3) is 83.6 Å². The van der Waals surface area contributed by atoms with E-state index in [2.05, 4.69) is 241 Å². The van der Waals surface area contributed by atoms with Crippen LogP contribution in [-0.4, -0.2) is 9.13 Å². The van der Waals surface area contributed by atoms with Gasteiger partial charge in [-0.05, 0) is 153 Å². The van der Waals surface area contributed by atoms with Crippen LogP contribution in [0.15, 0.2) is 212 Å². The Labute approximate surface area is 381 Å². The van der Waals surface area contributed by atoms with Crippen molar-refractivity contribution >= 4 is 49.9 Å². The number of hydrogen-bond donors (Lipinski definition) is 0. The zero-order valence-electron chi connectivity index (χ0n) is 37.0. The molecule has 2 heterocycles. The molecule has 2 aliphatic carbocycles. The highest BCUT2D eigenvalue weighted by Gasteiger charge is 2.26. The molecule has 0 spiro atoms. The summed E-state index contributed by atoms with van der Waals surface area (Å²) in [6.45, 7) is 4.68. The molecule has 2 atom stereocenters. The highest BCUT2D eigenvalue weighted by molar-refractivity contribution is 6.11. The molecule has 2 aliphatic rings. The fourth-order valence-corrected chi connectivity index (χ4v) is 10.6. The second-order valence-corrected chi connectivity index (χ2v) is 18.3. The van der Waals surface area contributed by atoms with Gasteiger partial charge in [0.2, 0.25) is 0 Å². The van der Waals surface area contributed by atoms with Crippen LogP contribution >= 0.6 is 0 Å². The van der Waals surface area contributed by atoms with Gasteiger partial charge in [-0.3, -0.25) is 0 Å². The molecule has 0 amide bonds. The van der Waals surface area contributed by atoms with Gasteiger partial charge >= 0.3 is 0 Å². The summed E-state index contributed by atoms with van der Waals surface area (Å²) in [6.07, 6.45) is 12.4. The Bertz CT molecular complexity index is 3490. The highest BCUT2D eigenvalue weighted by Crippen LogP contribution is 2.43. The van der Waals surface area contributed by atoms with Gasteiger partial charge in [-0.2, -0.15) is 0 Å². The molecule has 2 unspecified atom stereocenters. The van der Waals surface area contributed by atoms with E-state index in [0.717, 1.165) is 19.3 Å². The Hall–Kier alpha value is -7.68. The van der Waals surface area contributed by atoms with Gasteiger partial charge in [0.15, 0.2) is 0 Å². The molecule has 65 heavy (non-hydrogen) atoms. The van der Waals surface area contributed by atoms with E-state index in [1.54, 1.807) is 0 Å². The molecule has 2 aromatic heterocycles. The molecular formula is C63H50N2. The molecule has 0 N–H and O–H groups in total. The summed E-state index contributed by atoms with van der Waals surface area (Å²) in [7, 11) is 0. The Morgan fingerprint density at radius 1 is 0.462 bits per heavy atom. The molecule has 0 saturated heterocycles. The Kier molecular flexibility index (Phi) is 9.68. The summed E-state index contributed by atoms with van der Waals surface area (Å²) in [4.78, 5) is 0. The second-order valence-electron chi connectivity index (χ2n) is 18.3. The molecule has 0 saturated carbocycles. The lowest BCUT2D eigenvalue weighted by molar-refractivity contribution is 0.708. The average Bonchev–Trinajstić information content (AvgIpc) is 3.86. The molecule has 8 aromatic carbocycles. The number of hydrogen-bond acceptors (Lipinski definition) is 0. The van der Waals surface area contributed by atoms with Crippen molar-refractivity contribution < 1.29 is 0 Å². The minimum Gasteiger partial charge on any atom is -0.313 e. The maximum absolute atomic E-state index is 2.52. The van der Waals surface area contributed by atoms with Crippen LogP contribution < -0.4 is 0 Å². The Morgan fingerprint density at radius 2 is 0.954 bits per heavy atom. The first-order valence-corrected chi connectivity index (χ1v) is 23.2. The van der Waals surface area contributed by atoms with Crippen LogP contribution in [0.2, 0.25) is 0 Å². The normalized spacial score (nSPS) is 15.9. The van der Waals surface area contributed by atoms with Crippen molar-refractivity contribution in [3.63, 3.8) is 0 Å². The minimum atomic E-state index is 0.399. The third-order valence-corrected chi connectivity index (χ3v) is 13.9. The number of rotatable bonds is 8. The van der Waals surface area contributed by atoms with Crippen LogP contribution in [0, 0.1) is 11.8 Å². The van der Waals surface area contributed by atoms with E-state index in [9.17, 15) is 0 Å². The maximum atomic E-state index is 2.52. The number of aromatic nitrogens is 2. The van der Waals surface area contributed by atoms with Crippen LogP contribution in [0.5, 0.6) is 0 Å². The van der Waals surface area contributed by atoms with Crippen molar-refractivity contribution in [2.75, 3.05) is 0 Å². The lowest BCUT2D eigenvalue weighted by Crippen LogP contribution is -2.12. The van der Waals surface area contributed by atoms with Crippen molar-refractivity contribution in [2.24, 2.45) is 11.8 Å². The first kappa shape index (κ1) is 39.0. The van der Waals surface area contributed by atoms with Gasteiger partial charge in [-0.1, -0.05) is 166 Å². The molecular weight excluding hydrogens is 785 g/mol. The van der Waals surface area contributed by atoms with Gasteiger partial charge in [0.05, 0.1) is 16.6 Å². The fourth-order valence-electron chi connectivity index (χ4n) is 10.6. The quantitative estimate of drug-likeness (QED) is 0.144. The van der Waals surface area contributed by atoms with E-state index in [1.165, 1.54) is 111 Å². The third-order valence-electron chi connectivity index (χ3n) is 13.9. The van der Waals surface area contributed by atoms with Crippen LogP contribution in [-0.2, 0) is 12.8 Å². The summed E-state index contributed by atoms with van der Waals surface area (Å²) in [5.41, 5.74) is 21.7. The Morgan fingerprint density at radius 3 is 1.52 bits per heavy atom. The predicted molar refractivity (Wildman–Crippen MR) is 276 cm³/mol. The highest BCUT2D eigenvalue weighted by atomic mass is 15.0. The summed E-state index contributed by atoms with van der Waals surface area (Å²) in [6, 6.07) is 71.9. The van der Waals surface area contributed by atoms with Gasteiger partial charge < -0.3 is 9.13 Å². The van der Waals surface area contributed by atoms with E-state index in [4.69, 9.17) is 0 Å². The lowest BCUT2D eigenvalue weighted by Gasteiger charge is -2.23. The first-order valence-electron chi connectivity index (χ1n) is 23.2. The van der Waals surface area contributed by atoms with Crippen molar-refractivity contribution in [3.8, 4) is 33.6 Å². The van der Waals surface area contributed by atoms with Gasteiger partial charge in [0, 0.05) is 38.8 Å². The van der Waals surface area contributed by atoms with E-state index >= 15 is 0 Å². The molecule has 312 valence electrons. The summed E-state index contributed by atoms with van der Waals surface area (Å²) >= 11 is 0. The molecule has 0 bridgehead atoms. The fraction of sp³-hybridized carbons (Fsp3) is 0.111. The topological polar surface area (TPSA) is 9.86 Å². The predicted octanol–water partition coefficient (Wildman–Crippen LogP) is 16.4. The van der Waals surface area contributed by atoms with E-state index < -0.39 is 0 Å². The SMILES string of the molecule is CC1C=C(c2ccc3c(c2)c2cc(-c4ccccc4)ccc2n3-c2ccc(Cc3ccc(-n4c5c(c6cc(-c7ccccc7)ccc64)C=C(c4ccccc4)C(C)C5)cc3)cc2)C=CC1. The zero-order chi connectivity index (χ0) is 43.4. The zero-order valence-corrected chi connectivity index (χ0v) is 37.0. The summed E-state index contributed by atoms with van der Waals surface area (Å²) < 4.78 is 4.97. The standard InChI is InChI=1S/C63H50N2/c1-42-13-12-20-49(35-42)52-27-34-61-57(40-52)56-38-50(46-14-6-3-7-15-46)25-32-60(56)64(61)53-28-21-44(22-29-53)37-45-23-30-54(31-24-45)65-62-33-26-51(47-16-8-4-9-17-47)39-58(62)59-41-55(43(2)36-63(59)65)48-18-10-5-11-19-48/h3-12,14-35,38-43H,13,36-37H2,1-2H3. The minimum absolute atomic E-state index is 0.399. The number of nitrogens with zero attached hydrogens (tertiary/aromatic N) is 2. The largest absolute Gasteiger partial charge is 0.313 e. The van der Waals surface area contributed by atoms with Gasteiger partial charge in [-0.15, -0.1) is 0 Å². The van der Waals surface area contributed by atoms with Crippen molar-refractivity contribution in [3.05, 3.63) is 246 Å². The van der Waals surface area contributed by atoms with Gasteiger partial charge in [-0.25, -0.2) is 0 Å². The van der Waals surface area contributed by atoms with Crippen LogP contribution in [0.1, 0.15) is 53.8 Å². The second kappa shape index (κ2) is 16.1. The van der Waals surface area contributed by atoms with Crippen molar-refractivity contribution in [1.29, 1.82) is 0 Å². The maximum Gasteiger partial charge on any atom is 0.0541 e. The molecule has 0 radical (unpaired) electrons. The third kappa shape index (κ3) is 7.07. The van der Waals surface area contributed by atoms with Crippen molar-refractivity contribution in [1.82, 2.24) is 9.13 Å². The molecule has 0 fully saturated rings. The Balaban J connectivity index is 0.879. The number of benzene rings is 8. The average molecular weight is 835 g/mol. The van der Waals surface area contributed by atoms with Crippen LogP contribution in [0.3, 0.4) is 0 Å².